The summed E-state index contributed by atoms with van der Waals surface area (Å²) < 4.78 is 24.0. The van der Waals surface area contributed by atoms with Gasteiger partial charge in [-0.25, -0.2) is 8.42 Å². The summed E-state index contributed by atoms with van der Waals surface area (Å²) in [6, 6.07) is 3.90. The van der Waals surface area contributed by atoms with E-state index in [1.165, 1.54) is 18.2 Å². The average molecular weight is 307 g/mol. The van der Waals surface area contributed by atoms with Crippen LogP contribution in [0.3, 0.4) is 0 Å². The van der Waals surface area contributed by atoms with Crippen molar-refractivity contribution < 1.29 is 18.4 Å². The Hall–Kier alpha value is -2.15. The minimum absolute atomic E-state index is 0.0132. The lowest BCUT2D eigenvalue weighted by molar-refractivity contribution is 0.0959. The molecule has 0 fully saturated rings. The number of fused-ring (bicyclic) bond motifs is 2. The molecule has 1 heterocycles. The van der Waals surface area contributed by atoms with Crippen LogP contribution in [0.15, 0.2) is 27.9 Å². The Morgan fingerprint density at radius 2 is 1.90 bits per heavy atom. The van der Waals surface area contributed by atoms with Gasteiger partial charge in [-0.05, 0) is 31.0 Å². The van der Waals surface area contributed by atoms with Crippen LogP contribution in [0.5, 0.6) is 0 Å². The second-order valence-electron chi connectivity index (χ2n) is 5.19. The first-order valence-corrected chi connectivity index (χ1v) is 8.34. The molecule has 110 valence electrons. The molecule has 2 aromatic rings. The van der Waals surface area contributed by atoms with Crippen molar-refractivity contribution in [3.63, 3.8) is 0 Å². The number of nitrogens with zero attached hydrogens (tertiary/aromatic N) is 1. The van der Waals surface area contributed by atoms with E-state index in [9.17, 15) is 23.2 Å². The number of sulfone groups is 1. The fraction of sp³-hybridized carbons (Fsp3) is 0.286. The van der Waals surface area contributed by atoms with E-state index >= 15 is 0 Å². The number of ketones is 1. The van der Waals surface area contributed by atoms with Crippen molar-refractivity contribution >= 4 is 26.5 Å². The first-order valence-electron chi connectivity index (χ1n) is 6.45. The smallest absolute Gasteiger partial charge is 0.200 e. The van der Waals surface area contributed by atoms with Gasteiger partial charge in [-0.2, -0.15) is 4.73 Å². The van der Waals surface area contributed by atoms with Gasteiger partial charge in [0.05, 0.1) is 21.7 Å². The van der Waals surface area contributed by atoms with Gasteiger partial charge in [-0.15, -0.1) is 0 Å². The van der Waals surface area contributed by atoms with Crippen molar-refractivity contribution in [2.24, 2.45) is 0 Å². The highest BCUT2D eigenvalue weighted by molar-refractivity contribution is 7.90. The van der Waals surface area contributed by atoms with Crippen LogP contribution in [0.2, 0.25) is 0 Å². The highest BCUT2D eigenvalue weighted by Crippen LogP contribution is 2.24. The molecule has 6 nitrogen and oxygen atoms in total. The van der Waals surface area contributed by atoms with Gasteiger partial charge in [-0.1, -0.05) is 0 Å². The number of pyridine rings is 1. The number of hydrogen-bond acceptors (Lipinski definition) is 5. The van der Waals surface area contributed by atoms with Gasteiger partial charge < -0.3 is 5.21 Å². The quantitative estimate of drug-likeness (QED) is 0.798. The normalized spacial score (nSPS) is 15.2. The molecule has 0 aliphatic heterocycles. The molecule has 1 aliphatic rings. The molecule has 0 saturated heterocycles. The molecule has 0 radical (unpaired) electrons. The standard InChI is InChI=1S/C14H13NO5S/c1-21(19,20)8-5-6-9-11(7-8)15(18)10-3-2-4-12(16)13(10)14(9)17/h5-7,18H,2-4H2,1H3. The molecule has 3 rings (SSSR count). The number of carbonyl (C=O) groups is 1. The monoisotopic (exact) mass is 307 g/mol. The van der Waals surface area contributed by atoms with Crippen LogP contribution < -0.4 is 5.43 Å². The predicted molar refractivity (Wildman–Crippen MR) is 75.8 cm³/mol. The van der Waals surface area contributed by atoms with E-state index in [2.05, 4.69) is 0 Å². The van der Waals surface area contributed by atoms with E-state index in [0.717, 1.165) is 11.0 Å². The third-order valence-corrected chi connectivity index (χ3v) is 4.85. The summed E-state index contributed by atoms with van der Waals surface area (Å²) in [4.78, 5) is 24.3. The zero-order valence-corrected chi connectivity index (χ0v) is 12.1. The second-order valence-corrected chi connectivity index (χ2v) is 7.21. The molecule has 1 N–H and O–H groups in total. The molecule has 7 heteroatoms. The fourth-order valence-corrected chi connectivity index (χ4v) is 3.33. The highest BCUT2D eigenvalue weighted by Gasteiger charge is 2.26. The highest BCUT2D eigenvalue weighted by atomic mass is 32.2. The molecule has 1 aliphatic carbocycles. The third-order valence-electron chi connectivity index (χ3n) is 3.74. The molecular weight excluding hydrogens is 294 g/mol. The zero-order chi connectivity index (χ0) is 15.4. The maximum Gasteiger partial charge on any atom is 0.200 e. The minimum atomic E-state index is -3.45. The van der Waals surface area contributed by atoms with Gasteiger partial charge in [0.25, 0.3) is 0 Å². The predicted octanol–water partition coefficient (Wildman–Crippen LogP) is 1.16. The van der Waals surface area contributed by atoms with Crippen molar-refractivity contribution in [3.05, 3.63) is 39.7 Å². The molecule has 0 saturated carbocycles. The van der Waals surface area contributed by atoms with Crippen molar-refractivity contribution in [1.29, 1.82) is 0 Å². The van der Waals surface area contributed by atoms with Crippen LogP contribution in [0.1, 0.15) is 28.9 Å². The van der Waals surface area contributed by atoms with E-state index in [1.54, 1.807) is 0 Å². The maximum atomic E-state index is 12.4. The lowest BCUT2D eigenvalue weighted by Crippen LogP contribution is -2.27. The average Bonchev–Trinajstić information content (AvgIpc) is 2.43. The van der Waals surface area contributed by atoms with E-state index in [1.807, 2.05) is 0 Å². The lowest BCUT2D eigenvalue weighted by Gasteiger charge is -2.18. The van der Waals surface area contributed by atoms with Crippen LogP contribution in [0, 0.1) is 0 Å². The van der Waals surface area contributed by atoms with Gasteiger partial charge in [0.2, 0.25) is 5.43 Å². The van der Waals surface area contributed by atoms with Crippen molar-refractivity contribution in [2.45, 2.75) is 24.2 Å². The molecule has 0 spiro atoms. The van der Waals surface area contributed by atoms with E-state index in [-0.39, 0.29) is 39.3 Å². The first kappa shape index (κ1) is 13.8. The first-order chi connectivity index (χ1) is 9.80. The van der Waals surface area contributed by atoms with Gasteiger partial charge >= 0.3 is 0 Å². The molecule has 0 atom stereocenters. The van der Waals surface area contributed by atoms with Crippen LogP contribution >= 0.6 is 0 Å². The van der Waals surface area contributed by atoms with Crippen LogP contribution in [0.25, 0.3) is 10.9 Å². The summed E-state index contributed by atoms with van der Waals surface area (Å²) in [5, 5.41) is 10.4. The molecule has 0 amide bonds. The van der Waals surface area contributed by atoms with Crippen LogP contribution in [-0.2, 0) is 16.3 Å². The van der Waals surface area contributed by atoms with Gasteiger partial charge in [0, 0.05) is 18.1 Å². The summed E-state index contributed by atoms with van der Waals surface area (Å²) >= 11 is 0. The lowest BCUT2D eigenvalue weighted by atomic mass is 9.93. The Morgan fingerprint density at radius 1 is 1.19 bits per heavy atom. The van der Waals surface area contributed by atoms with Gasteiger partial charge in [0.15, 0.2) is 15.6 Å². The molecule has 21 heavy (non-hydrogen) atoms. The molecule has 0 bridgehead atoms. The Kier molecular flexibility index (Phi) is 2.91. The summed E-state index contributed by atoms with van der Waals surface area (Å²) in [7, 11) is -3.45. The SMILES string of the molecule is CS(=O)(=O)c1ccc2c(=O)c3c(n(O)c2c1)CCCC3=O. The van der Waals surface area contributed by atoms with E-state index < -0.39 is 15.3 Å². The minimum Gasteiger partial charge on any atom is -0.428 e. The van der Waals surface area contributed by atoms with E-state index in [4.69, 9.17) is 0 Å². The number of aromatic nitrogens is 1. The zero-order valence-electron chi connectivity index (χ0n) is 11.3. The maximum absolute atomic E-state index is 12.4. The van der Waals surface area contributed by atoms with Crippen molar-refractivity contribution in [2.75, 3.05) is 6.26 Å². The van der Waals surface area contributed by atoms with Gasteiger partial charge in [-0.3, -0.25) is 9.59 Å². The van der Waals surface area contributed by atoms with Crippen molar-refractivity contribution in [1.82, 2.24) is 4.73 Å². The van der Waals surface area contributed by atoms with Gasteiger partial charge in [0.1, 0.15) is 0 Å². The summed E-state index contributed by atoms with van der Waals surface area (Å²) in [5.74, 6) is -0.280. The second kappa shape index (κ2) is 4.42. The van der Waals surface area contributed by atoms with Crippen LogP contribution in [0.4, 0.5) is 0 Å². The topological polar surface area (TPSA) is 93.4 Å². The Morgan fingerprint density at radius 3 is 2.57 bits per heavy atom. The number of carbonyl (C=O) groups excluding carboxylic acids is 1. The summed E-state index contributed by atoms with van der Waals surface area (Å²) in [5.41, 5.74) is -0.0656. The van der Waals surface area contributed by atoms with Crippen LogP contribution in [-0.4, -0.2) is 30.4 Å². The summed E-state index contributed by atoms with van der Waals surface area (Å²) in [6.07, 6.45) is 2.31. The Labute approximate surface area is 120 Å². The molecule has 1 aromatic heterocycles. The Bertz CT molecular complexity index is 940. The Balaban J connectivity index is 2.46. The van der Waals surface area contributed by atoms with Crippen molar-refractivity contribution in [3.8, 4) is 0 Å². The number of rotatable bonds is 1. The molecule has 0 unspecified atom stereocenters. The molecule has 1 aromatic carbocycles. The number of benzene rings is 1. The molecular formula is C14H13NO5S. The number of hydrogen-bond donors (Lipinski definition) is 1. The summed E-state index contributed by atoms with van der Waals surface area (Å²) in [6.45, 7) is 0. The third kappa shape index (κ3) is 2.04. The van der Waals surface area contributed by atoms with E-state index in [0.29, 0.717) is 12.8 Å². The fourth-order valence-electron chi connectivity index (χ4n) is 2.69. The largest absolute Gasteiger partial charge is 0.428 e. The number of Topliss-reactive ketones (excluding diaryl/α,β-unsaturated/α-hetero) is 1.